The maximum Gasteiger partial charge on any atom is 0.374 e. The second-order valence-electron chi connectivity index (χ2n) is 4.89. The van der Waals surface area contributed by atoms with Gasteiger partial charge in [0.25, 0.3) is 5.91 Å². The first-order valence-electron chi connectivity index (χ1n) is 6.63. The molecule has 1 aromatic carbocycles. The van der Waals surface area contributed by atoms with Crippen LogP contribution in [0.1, 0.15) is 23.4 Å². The van der Waals surface area contributed by atoms with Crippen LogP contribution in [0.3, 0.4) is 0 Å². The highest BCUT2D eigenvalue weighted by Gasteiger charge is 2.24. The summed E-state index contributed by atoms with van der Waals surface area (Å²) in [6.07, 6.45) is 1.92. The van der Waals surface area contributed by atoms with E-state index in [2.05, 4.69) is 5.32 Å². The molecule has 6 nitrogen and oxygen atoms in total. The van der Waals surface area contributed by atoms with Crippen molar-refractivity contribution in [2.24, 2.45) is 0 Å². The molecular formula is C15H13NO5. The molecule has 1 fully saturated rings. The number of amides is 1. The first-order chi connectivity index (χ1) is 10.1. The third-order valence-electron chi connectivity index (χ3n) is 3.11. The zero-order chi connectivity index (χ0) is 14.8. The first kappa shape index (κ1) is 13.4. The Balaban J connectivity index is 1.72. The molecular weight excluding hydrogens is 274 g/mol. The minimum Gasteiger partial charge on any atom is -0.450 e. The van der Waals surface area contributed by atoms with E-state index < -0.39 is 5.97 Å². The zero-order valence-electron chi connectivity index (χ0n) is 11.1. The number of esters is 1. The summed E-state index contributed by atoms with van der Waals surface area (Å²) >= 11 is 0. The molecule has 21 heavy (non-hydrogen) atoms. The molecule has 0 spiro atoms. The van der Waals surface area contributed by atoms with Crippen LogP contribution in [0.2, 0.25) is 0 Å². The van der Waals surface area contributed by atoms with E-state index in [0.29, 0.717) is 11.0 Å². The molecule has 1 N–H and O–H groups in total. The molecule has 0 aliphatic heterocycles. The van der Waals surface area contributed by atoms with Crippen molar-refractivity contribution in [1.82, 2.24) is 5.32 Å². The first-order valence-corrected chi connectivity index (χ1v) is 6.63. The largest absolute Gasteiger partial charge is 0.450 e. The summed E-state index contributed by atoms with van der Waals surface area (Å²) in [4.78, 5) is 35.1. The van der Waals surface area contributed by atoms with Crippen LogP contribution in [-0.2, 0) is 9.53 Å². The topological polar surface area (TPSA) is 85.6 Å². The van der Waals surface area contributed by atoms with Gasteiger partial charge in [0.15, 0.2) is 12.0 Å². The molecule has 0 bridgehead atoms. The highest BCUT2D eigenvalue weighted by Crippen LogP contribution is 2.18. The van der Waals surface area contributed by atoms with Gasteiger partial charge in [0.2, 0.25) is 5.76 Å². The molecule has 1 aromatic heterocycles. The summed E-state index contributed by atoms with van der Waals surface area (Å²) < 4.78 is 10.2. The van der Waals surface area contributed by atoms with E-state index in [4.69, 9.17) is 9.15 Å². The molecule has 6 heteroatoms. The summed E-state index contributed by atoms with van der Waals surface area (Å²) in [5.74, 6) is -1.39. The van der Waals surface area contributed by atoms with Gasteiger partial charge in [-0.3, -0.25) is 9.59 Å². The van der Waals surface area contributed by atoms with Crippen LogP contribution in [0.25, 0.3) is 11.0 Å². The molecule has 1 heterocycles. The third kappa shape index (κ3) is 3.10. The number of carbonyl (C=O) groups excluding carboxylic acids is 2. The maximum absolute atomic E-state index is 11.8. The van der Waals surface area contributed by atoms with Crippen LogP contribution in [0.4, 0.5) is 0 Å². The van der Waals surface area contributed by atoms with Crippen LogP contribution in [0.15, 0.2) is 39.5 Å². The summed E-state index contributed by atoms with van der Waals surface area (Å²) in [5, 5.41) is 3.08. The van der Waals surface area contributed by atoms with Gasteiger partial charge >= 0.3 is 5.97 Å². The molecule has 1 amide bonds. The molecule has 0 radical (unpaired) electrons. The Hall–Kier alpha value is -2.63. The van der Waals surface area contributed by atoms with E-state index in [-0.39, 0.29) is 29.7 Å². The van der Waals surface area contributed by atoms with Crippen molar-refractivity contribution in [2.75, 3.05) is 6.61 Å². The van der Waals surface area contributed by atoms with Gasteiger partial charge in [0, 0.05) is 12.1 Å². The van der Waals surface area contributed by atoms with Gasteiger partial charge in [-0.1, -0.05) is 12.1 Å². The lowest BCUT2D eigenvalue weighted by molar-refractivity contribution is -0.124. The van der Waals surface area contributed by atoms with E-state index in [1.807, 2.05) is 0 Å². The van der Waals surface area contributed by atoms with Gasteiger partial charge in [-0.25, -0.2) is 4.79 Å². The lowest BCUT2D eigenvalue weighted by Gasteiger charge is -2.05. The second-order valence-corrected chi connectivity index (χ2v) is 4.89. The third-order valence-corrected chi connectivity index (χ3v) is 3.11. The van der Waals surface area contributed by atoms with Gasteiger partial charge in [-0.2, -0.15) is 0 Å². The Bertz CT molecular complexity index is 760. The number of ether oxygens (including phenoxy) is 1. The Morgan fingerprint density at radius 3 is 2.81 bits per heavy atom. The molecule has 1 aliphatic carbocycles. The number of hydrogen-bond acceptors (Lipinski definition) is 5. The normalized spacial score (nSPS) is 13.9. The Labute approximate surface area is 119 Å². The molecule has 108 valence electrons. The average molecular weight is 287 g/mol. The van der Waals surface area contributed by atoms with Gasteiger partial charge < -0.3 is 14.5 Å². The summed E-state index contributed by atoms with van der Waals surface area (Å²) in [6.45, 7) is -0.383. The summed E-state index contributed by atoms with van der Waals surface area (Å²) in [6, 6.07) is 7.88. The van der Waals surface area contributed by atoms with Crippen molar-refractivity contribution in [2.45, 2.75) is 18.9 Å². The van der Waals surface area contributed by atoms with Crippen LogP contribution in [0.5, 0.6) is 0 Å². The summed E-state index contributed by atoms with van der Waals surface area (Å²) in [5.41, 5.74) is -0.0226. The molecule has 1 aliphatic rings. The van der Waals surface area contributed by atoms with Crippen molar-refractivity contribution >= 4 is 22.8 Å². The van der Waals surface area contributed by atoms with Crippen molar-refractivity contribution < 1.29 is 18.7 Å². The average Bonchev–Trinajstić information content (AvgIpc) is 3.28. The maximum atomic E-state index is 11.8. The minimum atomic E-state index is -0.830. The van der Waals surface area contributed by atoms with Crippen LogP contribution in [0, 0.1) is 0 Å². The number of hydrogen-bond donors (Lipinski definition) is 1. The van der Waals surface area contributed by atoms with Crippen LogP contribution in [-0.4, -0.2) is 24.5 Å². The monoisotopic (exact) mass is 287 g/mol. The van der Waals surface area contributed by atoms with Crippen molar-refractivity contribution in [1.29, 1.82) is 0 Å². The fourth-order valence-electron chi connectivity index (χ4n) is 1.90. The van der Waals surface area contributed by atoms with Crippen LogP contribution >= 0.6 is 0 Å². The lowest BCUT2D eigenvalue weighted by Crippen LogP contribution is -2.30. The van der Waals surface area contributed by atoms with E-state index in [0.717, 1.165) is 18.9 Å². The van der Waals surface area contributed by atoms with Gasteiger partial charge in [0.1, 0.15) is 5.58 Å². The van der Waals surface area contributed by atoms with Crippen LogP contribution < -0.4 is 10.7 Å². The number of carbonyl (C=O) groups is 2. The number of fused-ring (bicyclic) bond motifs is 1. The van der Waals surface area contributed by atoms with Crippen molar-refractivity contribution in [3.8, 4) is 0 Å². The smallest absolute Gasteiger partial charge is 0.374 e. The zero-order valence-corrected chi connectivity index (χ0v) is 11.1. The van der Waals surface area contributed by atoms with Gasteiger partial charge in [-0.15, -0.1) is 0 Å². The fraction of sp³-hybridized carbons (Fsp3) is 0.267. The number of benzene rings is 1. The highest BCUT2D eigenvalue weighted by molar-refractivity contribution is 5.90. The number of rotatable bonds is 4. The Morgan fingerprint density at radius 1 is 1.29 bits per heavy atom. The molecule has 1 saturated carbocycles. The van der Waals surface area contributed by atoms with Crippen molar-refractivity contribution in [3.63, 3.8) is 0 Å². The summed E-state index contributed by atoms with van der Waals surface area (Å²) in [7, 11) is 0. The predicted molar refractivity (Wildman–Crippen MR) is 73.9 cm³/mol. The highest BCUT2D eigenvalue weighted by atomic mass is 16.5. The van der Waals surface area contributed by atoms with E-state index in [1.165, 1.54) is 0 Å². The Morgan fingerprint density at radius 2 is 2.05 bits per heavy atom. The minimum absolute atomic E-state index is 0.204. The quantitative estimate of drug-likeness (QED) is 0.855. The van der Waals surface area contributed by atoms with Gasteiger partial charge in [-0.05, 0) is 25.0 Å². The standard InChI is InChI=1S/C15H13NO5/c17-11-7-13(21-12-4-2-1-3-10(11)12)15(19)20-8-14(18)16-9-5-6-9/h1-4,7,9H,5-6,8H2,(H,16,18). The van der Waals surface area contributed by atoms with E-state index >= 15 is 0 Å². The van der Waals surface area contributed by atoms with E-state index in [9.17, 15) is 14.4 Å². The second kappa shape index (κ2) is 5.40. The molecule has 3 rings (SSSR count). The molecule has 0 saturated heterocycles. The van der Waals surface area contributed by atoms with E-state index in [1.54, 1.807) is 24.3 Å². The SMILES string of the molecule is O=C(COC(=O)c1cc(=O)c2ccccc2o1)NC1CC1. The van der Waals surface area contributed by atoms with Crippen molar-refractivity contribution in [3.05, 3.63) is 46.3 Å². The fourth-order valence-corrected chi connectivity index (χ4v) is 1.90. The van der Waals surface area contributed by atoms with Gasteiger partial charge in [0.05, 0.1) is 5.39 Å². The predicted octanol–water partition coefficient (Wildman–Crippen LogP) is 1.23. The number of nitrogens with one attached hydrogen (secondary N) is 1. The molecule has 0 atom stereocenters. The lowest BCUT2D eigenvalue weighted by atomic mass is 10.2. The number of para-hydroxylation sites is 1. The molecule has 2 aromatic rings. The molecule has 0 unspecified atom stereocenters. The Kier molecular flexibility index (Phi) is 3.43.